The van der Waals surface area contributed by atoms with Crippen molar-refractivity contribution in [3.63, 3.8) is 0 Å². The van der Waals surface area contributed by atoms with E-state index in [1.54, 1.807) is 12.1 Å². The number of benzene rings is 2. The Hall–Kier alpha value is -2.24. The Morgan fingerprint density at radius 3 is 2.75 bits per heavy atom. The van der Waals surface area contributed by atoms with Crippen LogP contribution in [0.15, 0.2) is 54.6 Å². The molecule has 0 unspecified atom stereocenters. The number of hydrogen-bond acceptors (Lipinski definition) is 3. The summed E-state index contributed by atoms with van der Waals surface area (Å²) >= 11 is 0. The first-order chi connectivity index (χ1) is 11.6. The first-order valence-corrected chi connectivity index (χ1v) is 8.12. The number of nitrogens with one attached hydrogen (secondary N) is 1. The Morgan fingerprint density at radius 2 is 2.00 bits per heavy atom. The van der Waals surface area contributed by atoms with E-state index >= 15 is 0 Å². The topological polar surface area (TPSA) is 52.6 Å². The van der Waals surface area contributed by atoms with Crippen LogP contribution in [0.4, 0.5) is 4.39 Å². The van der Waals surface area contributed by atoms with Crippen LogP contribution in [-0.2, 0) is 4.79 Å². The smallest absolute Gasteiger partial charge is 0.221 e. The number of halogens is 1. The first kappa shape index (κ1) is 16.6. The van der Waals surface area contributed by atoms with E-state index in [2.05, 4.69) is 10.2 Å². The van der Waals surface area contributed by atoms with Crippen molar-refractivity contribution < 1.29 is 14.3 Å². The molecule has 0 aliphatic carbocycles. The fourth-order valence-corrected chi connectivity index (χ4v) is 3.14. The van der Waals surface area contributed by atoms with Crippen LogP contribution in [0.5, 0.6) is 0 Å². The summed E-state index contributed by atoms with van der Waals surface area (Å²) in [5, 5.41) is 13.4. The fourth-order valence-electron chi connectivity index (χ4n) is 3.14. The highest BCUT2D eigenvalue weighted by Crippen LogP contribution is 2.28. The maximum atomic E-state index is 13.4. The Morgan fingerprint density at radius 1 is 1.21 bits per heavy atom. The van der Waals surface area contributed by atoms with Crippen molar-refractivity contribution in [3.8, 4) is 0 Å². The van der Waals surface area contributed by atoms with Gasteiger partial charge in [0, 0.05) is 32.1 Å². The molecule has 2 N–H and O–H groups in total. The summed E-state index contributed by atoms with van der Waals surface area (Å²) in [6.45, 7) is 1.52. The first-order valence-electron chi connectivity index (χ1n) is 8.12. The van der Waals surface area contributed by atoms with Crippen molar-refractivity contribution in [2.24, 2.45) is 0 Å². The lowest BCUT2D eigenvalue weighted by Crippen LogP contribution is -2.34. The lowest BCUT2D eigenvalue weighted by Gasteiger charge is -2.31. The predicted molar refractivity (Wildman–Crippen MR) is 89.7 cm³/mol. The molecule has 0 saturated carbocycles. The number of aliphatic hydroxyl groups is 1. The van der Waals surface area contributed by atoms with Crippen LogP contribution in [-0.4, -0.2) is 35.5 Å². The third-order valence-electron chi connectivity index (χ3n) is 4.37. The molecule has 126 valence electrons. The largest absolute Gasteiger partial charge is 0.387 e. The van der Waals surface area contributed by atoms with E-state index in [9.17, 15) is 14.3 Å². The number of carbonyl (C=O) groups is 1. The van der Waals surface area contributed by atoms with Crippen molar-refractivity contribution in [2.45, 2.75) is 18.6 Å². The number of aliphatic hydroxyl groups excluding tert-OH is 1. The minimum absolute atomic E-state index is 0.00611. The second-order valence-electron chi connectivity index (χ2n) is 6.05. The average Bonchev–Trinajstić information content (AvgIpc) is 2.77. The van der Waals surface area contributed by atoms with Gasteiger partial charge in [0.1, 0.15) is 5.82 Å². The van der Waals surface area contributed by atoms with Gasteiger partial charge in [-0.15, -0.1) is 0 Å². The van der Waals surface area contributed by atoms with E-state index in [4.69, 9.17) is 0 Å². The molecule has 3 rings (SSSR count). The van der Waals surface area contributed by atoms with E-state index in [1.165, 1.54) is 12.1 Å². The number of β-amino-alcohol motifs (C(OH)–C–C–N with tert-alkyl or cyclic N) is 1. The molecular formula is C19H21FN2O2. The molecule has 1 heterocycles. The maximum Gasteiger partial charge on any atom is 0.221 e. The Labute approximate surface area is 140 Å². The van der Waals surface area contributed by atoms with E-state index in [1.807, 2.05) is 30.3 Å². The molecule has 2 aromatic rings. The van der Waals surface area contributed by atoms with E-state index in [0.29, 0.717) is 31.6 Å². The molecule has 0 radical (unpaired) electrons. The van der Waals surface area contributed by atoms with Gasteiger partial charge in [-0.2, -0.15) is 0 Å². The number of carbonyl (C=O) groups excluding carboxylic acids is 1. The molecule has 1 saturated heterocycles. The molecule has 0 aromatic heterocycles. The number of nitrogens with zero attached hydrogens (tertiary/aromatic N) is 1. The molecule has 5 heteroatoms. The highest BCUT2D eigenvalue weighted by Gasteiger charge is 2.28. The van der Waals surface area contributed by atoms with Crippen molar-refractivity contribution in [1.29, 1.82) is 0 Å². The third-order valence-corrected chi connectivity index (χ3v) is 4.37. The van der Waals surface area contributed by atoms with Gasteiger partial charge in [0.2, 0.25) is 5.91 Å². The summed E-state index contributed by atoms with van der Waals surface area (Å²) in [7, 11) is 0. The van der Waals surface area contributed by atoms with E-state index in [-0.39, 0.29) is 17.8 Å². The maximum absolute atomic E-state index is 13.4. The molecule has 24 heavy (non-hydrogen) atoms. The molecule has 1 fully saturated rings. The normalized spacial score (nSPS) is 20.2. The van der Waals surface area contributed by atoms with Gasteiger partial charge in [0.25, 0.3) is 0 Å². The number of amides is 1. The zero-order chi connectivity index (χ0) is 16.9. The van der Waals surface area contributed by atoms with Gasteiger partial charge in [-0.05, 0) is 23.3 Å². The quantitative estimate of drug-likeness (QED) is 0.906. The van der Waals surface area contributed by atoms with Gasteiger partial charge >= 0.3 is 0 Å². The van der Waals surface area contributed by atoms with Crippen LogP contribution in [0.3, 0.4) is 0 Å². The molecule has 1 amide bonds. The van der Waals surface area contributed by atoms with Crippen molar-refractivity contribution >= 4 is 5.91 Å². The lowest BCUT2D eigenvalue weighted by atomic mass is 10.0. The minimum atomic E-state index is -0.805. The van der Waals surface area contributed by atoms with Gasteiger partial charge < -0.3 is 10.4 Å². The zero-order valence-electron chi connectivity index (χ0n) is 13.4. The predicted octanol–water partition coefficient (Wildman–Crippen LogP) is 2.42. The Kier molecular flexibility index (Phi) is 5.23. The SMILES string of the molecule is O=C1C[C@H](c2ccccc2)N(C[C@@H](O)c2cccc(F)c2)CCN1. The van der Waals surface area contributed by atoms with Gasteiger partial charge in [-0.1, -0.05) is 42.5 Å². The van der Waals surface area contributed by atoms with Gasteiger partial charge in [0.15, 0.2) is 0 Å². The summed E-state index contributed by atoms with van der Waals surface area (Å²) in [6.07, 6.45) is -0.458. The fraction of sp³-hybridized carbons (Fsp3) is 0.316. The third kappa shape index (κ3) is 3.99. The van der Waals surface area contributed by atoms with Crippen molar-refractivity contribution in [3.05, 3.63) is 71.5 Å². The Balaban J connectivity index is 1.81. The van der Waals surface area contributed by atoms with Gasteiger partial charge in [-0.25, -0.2) is 4.39 Å². The van der Waals surface area contributed by atoms with Crippen LogP contribution in [0, 0.1) is 5.82 Å². The van der Waals surface area contributed by atoms with Gasteiger partial charge in [0.05, 0.1) is 6.10 Å². The summed E-state index contributed by atoms with van der Waals surface area (Å²) in [5.41, 5.74) is 1.59. The molecule has 0 spiro atoms. The standard InChI is InChI=1S/C19H21FN2O2/c20-16-8-4-7-15(11-16)18(23)13-22-10-9-21-19(24)12-17(22)14-5-2-1-3-6-14/h1-8,11,17-18,23H,9-10,12-13H2,(H,21,24)/t17-,18-/m1/s1. The molecule has 1 aliphatic rings. The minimum Gasteiger partial charge on any atom is -0.387 e. The summed E-state index contributed by atoms with van der Waals surface area (Å²) < 4.78 is 13.4. The summed E-state index contributed by atoms with van der Waals surface area (Å²) in [6, 6.07) is 15.7. The molecular weight excluding hydrogens is 307 g/mol. The van der Waals surface area contributed by atoms with Crippen LogP contribution >= 0.6 is 0 Å². The average molecular weight is 328 g/mol. The number of hydrogen-bond donors (Lipinski definition) is 2. The molecule has 4 nitrogen and oxygen atoms in total. The highest BCUT2D eigenvalue weighted by atomic mass is 19.1. The highest BCUT2D eigenvalue weighted by molar-refractivity contribution is 5.77. The van der Waals surface area contributed by atoms with Crippen LogP contribution in [0.25, 0.3) is 0 Å². The van der Waals surface area contributed by atoms with Crippen LogP contribution in [0.1, 0.15) is 29.7 Å². The van der Waals surface area contributed by atoms with Gasteiger partial charge in [-0.3, -0.25) is 9.69 Å². The van der Waals surface area contributed by atoms with Crippen LogP contribution in [0.2, 0.25) is 0 Å². The molecule has 2 aromatic carbocycles. The van der Waals surface area contributed by atoms with E-state index < -0.39 is 6.10 Å². The Bertz CT molecular complexity index is 693. The summed E-state index contributed by atoms with van der Waals surface area (Å²) in [5.74, 6) is -0.356. The van der Waals surface area contributed by atoms with Crippen molar-refractivity contribution in [2.75, 3.05) is 19.6 Å². The van der Waals surface area contributed by atoms with Crippen molar-refractivity contribution in [1.82, 2.24) is 10.2 Å². The van der Waals surface area contributed by atoms with E-state index in [0.717, 1.165) is 5.56 Å². The molecule has 1 aliphatic heterocycles. The van der Waals surface area contributed by atoms with Crippen LogP contribution < -0.4 is 5.32 Å². The lowest BCUT2D eigenvalue weighted by molar-refractivity contribution is -0.121. The second-order valence-corrected chi connectivity index (χ2v) is 6.05. The number of rotatable bonds is 4. The monoisotopic (exact) mass is 328 g/mol. The summed E-state index contributed by atoms with van der Waals surface area (Å²) in [4.78, 5) is 14.0. The zero-order valence-corrected chi connectivity index (χ0v) is 13.4. The molecule has 0 bridgehead atoms. The molecule has 2 atom stereocenters. The second kappa shape index (κ2) is 7.55.